The molecule has 0 unspecified atom stereocenters. The average Bonchev–Trinajstić information content (AvgIpc) is 2.30. The van der Waals surface area contributed by atoms with E-state index >= 15 is 0 Å². The van der Waals surface area contributed by atoms with Gasteiger partial charge in [-0.2, -0.15) is 4.98 Å². The van der Waals surface area contributed by atoms with Crippen molar-refractivity contribution in [2.45, 2.75) is 3.79 Å². The number of carboxylic acids is 1. The van der Waals surface area contributed by atoms with E-state index in [1.807, 2.05) is 0 Å². The Kier molecular flexibility index (Phi) is 2.46. The number of nitrogens with zero attached hydrogens (tertiary/aromatic N) is 2. The van der Waals surface area contributed by atoms with Crippen molar-refractivity contribution in [3.05, 3.63) is 11.7 Å². The summed E-state index contributed by atoms with van der Waals surface area (Å²) in [5.74, 6) is -2.26. The van der Waals surface area contributed by atoms with Gasteiger partial charge in [-0.3, -0.25) is 0 Å². The number of alkyl halides is 3. The Bertz CT molecular complexity index is 305. The Hall–Kier alpha value is -0.520. The van der Waals surface area contributed by atoms with Gasteiger partial charge in [0, 0.05) is 0 Å². The zero-order valence-electron chi connectivity index (χ0n) is 5.29. The first-order valence-corrected chi connectivity index (χ1v) is 3.69. The van der Waals surface area contributed by atoms with Crippen LogP contribution in [0.15, 0.2) is 4.52 Å². The van der Waals surface area contributed by atoms with Crippen molar-refractivity contribution in [2.75, 3.05) is 0 Å². The maximum Gasteiger partial charge on any atom is 0.377 e. The number of carbonyl (C=O) groups is 1. The van der Waals surface area contributed by atoms with E-state index in [0.717, 1.165) is 0 Å². The molecule has 0 aliphatic carbocycles. The molecule has 0 bridgehead atoms. The highest BCUT2D eigenvalue weighted by atomic mass is 35.6. The smallest absolute Gasteiger partial charge is 0.377 e. The lowest BCUT2D eigenvalue weighted by molar-refractivity contribution is 0.0680. The lowest BCUT2D eigenvalue weighted by Gasteiger charge is -2.00. The summed E-state index contributed by atoms with van der Waals surface area (Å²) in [6.45, 7) is 0. The van der Waals surface area contributed by atoms with Crippen molar-refractivity contribution in [2.24, 2.45) is 0 Å². The second-order valence-electron chi connectivity index (χ2n) is 1.73. The van der Waals surface area contributed by atoms with Gasteiger partial charge in [0.15, 0.2) is 0 Å². The van der Waals surface area contributed by atoms with Crippen molar-refractivity contribution in [1.82, 2.24) is 10.1 Å². The molecule has 1 rings (SSSR count). The summed E-state index contributed by atoms with van der Waals surface area (Å²) in [6.07, 6.45) is 0. The molecule has 0 spiro atoms. The Morgan fingerprint density at radius 3 is 2.33 bits per heavy atom. The summed E-state index contributed by atoms with van der Waals surface area (Å²) in [7, 11) is 0. The van der Waals surface area contributed by atoms with Crippen LogP contribution < -0.4 is 0 Å². The molecule has 0 amide bonds. The van der Waals surface area contributed by atoms with E-state index in [4.69, 9.17) is 39.9 Å². The fourth-order valence-electron chi connectivity index (χ4n) is 0.425. The predicted octanol–water partition coefficient (Wildman–Crippen LogP) is 1.59. The third kappa shape index (κ3) is 2.00. The number of carboxylic acid groups (broad SMARTS) is 1. The van der Waals surface area contributed by atoms with Gasteiger partial charge in [-0.15, -0.1) is 0 Å². The van der Waals surface area contributed by atoms with E-state index in [2.05, 4.69) is 14.7 Å². The van der Waals surface area contributed by atoms with Crippen LogP contribution in [0.1, 0.15) is 16.5 Å². The largest absolute Gasteiger partial charge is 0.475 e. The van der Waals surface area contributed by atoms with Crippen molar-refractivity contribution in [3.8, 4) is 0 Å². The third-order valence-corrected chi connectivity index (χ3v) is 1.34. The van der Waals surface area contributed by atoms with E-state index in [9.17, 15) is 4.79 Å². The Balaban J connectivity index is 3.00. The minimum Gasteiger partial charge on any atom is -0.475 e. The molecular weight excluding hydrogens is 230 g/mol. The number of aromatic carboxylic acids is 1. The number of halogens is 3. The van der Waals surface area contributed by atoms with Crippen LogP contribution in [0.4, 0.5) is 0 Å². The first-order chi connectivity index (χ1) is 5.41. The van der Waals surface area contributed by atoms with Gasteiger partial charge in [0.05, 0.1) is 0 Å². The minimum absolute atomic E-state index is 0.370. The Morgan fingerprint density at radius 2 is 2.08 bits per heavy atom. The summed E-state index contributed by atoms with van der Waals surface area (Å²) in [6, 6.07) is 0. The molecule has 0 fully saturated rings. The standard InChI is InChI=1S/C4HCl3N2O3/c5-4(6,7)3-8-1(2(10)11)9-12-3/h(H,10,11). The maximum atomic E-state index is 10.2. The van der Waals surface area contributed by atoms with Crippen LogP contribution in [0.2, 0.25) is 0 Å². The number of aromatic nitrogens is 2. The van der Waals surface area contributed by atoms with E-state index in [0.29, 0.717) is 0 Å². The molecule has 0 saturated heterocycles. The van der Waals surface area contributed by atoms with E-state index in [-0.39, 0.29) is 5.89 Å². The molecule has 1 N–H and O–H groups in total. The molecule has 5 nitrogen and oxygen atoms in total. The summed E-state index contributed by atoms with van der Waals surface area (Å²) < 4.78 is 2.46. The number of rotatable bonds is 1. The average molecular weight is 231 g/mol. The molecule has 66 valence electrons. The first-order valence-electron chi connectivity index (χ1n) is 2.55. The highest BCUT2D eigenvalue weighted by Crippen LogP contribution is 2.36. The molecule has 0 radical (unpaired) electrons. The molecule has 0 aromatic carbocycles. The molecule has 8 heteroatoms. The van der Waals surface area contributed by atoms with Crippen molar-refractivity contribution >= 4 is 40.8 Å². The normalized spacial score (nSPS) is 11.6. The highest BCUT2D eigenvalue weighted by Gasteiger charge is 2.31. The van der Waals surface area contributed by atoms with Crippen molar-refractivity contribution in [1.29, 1.82) is 0 Å². The fourth-order valence-corrected chi connectivity index (χ4v) is 0.656. The van der Waals surface area contributed by atoms with Gasteiger partial charge in [-0.1, -0.05) is 34.8 Å². The van der Waals surface area contributed by atoms with Gasteiger partial charge in [0.2, 0.25) is 0 Å². The van der Waals surface area contributed by atoms with E-state index in [1.165, 1.54) is 0 Å². The summed E-state index contributed by atoms with van der Waals surface area (Å²) in [5, 5.41) is 11.4. The van der Waals surface area contributed by atoms with Gasteiger partial charge >= 0.3 is 5.97 Å². The zero-order valence-corrected chi connectivity index (χ0v) is 7.56. The quantitative estimate of drug-likeness (QED) is 0.743. The molecule has 12 heavy (non-hydrogen) atoms. The monoisotopic (exact) mass is 230 g/mol. The molecular formula is C4HCl3N2O3. The zero-order chi connectivity index (χ0) is 9.35. The maximum absolute atomic E-state index is 10.2. The first kappa shape index (κ1) is 9.57. The summed E-state index contributed by atoms with van der Waals surface area (Å²) in [5.41, 5.74) is 0. The summed E-state index contributed by atoms with van der Waals surface area (Å²) >= 11 is 16.0. The third-order valence-electron chi connectivity index (χ3n) is 0.860. The van der Waals surface area contributed by atoms with Gasteiger partial charge < -0.3 is 9.63 Å². The SMILES string of the molecule is O=C(O)c1noc(C(Cl)(Cl)Cl)n1. The minimum atomic E-state index is -1.89. The van der Waals surface area contributed by atoms with Gasteiger partial charge in [0.1, 0.15) is 0 Å². The molecule has 0 aliphatic heterocycles. The number of hydrogen-bond donors (Lipinski definition) is 1. The lowest BCUT2D eigenvalue weighted by Crippen LogP contribution is -2.03. The van der Waals surface area contributed by atoms with Gasteiger partial charge in [-0.05, 0) is 5.16 Å². The molecule has 1 aromatic heterocycles. The second-order valence-corrected chi connectivity index (χ2v) is 4.01. The molecule has 0 atom stereocenters. The lowest BCUT2D eigenvalue weighted by atomic mass is 10.6. The summed E-state index contributed by atoms with van der Waals surface area (Å²) in [4.78, 5) is 13.5. The molecule has 0 aliphatic rings. The van der Waals surface area contributed by atoms with Gasteiger partial charge in [-0.25, -0.2) is 4.79 Å². The van der Waals surface area contributed by atoms with Gasteiger partial charge in [0.25, 0.3) is 15.5 Å². The van der Waals surface area contributed by atoms with Crippen LogP contribution in [0, 0.1) is 0 Å². The Morgan fingerprint density at radius 1 is 1.50 bits per heavy atom. The Labute approximate surface area is 81.2 Å². The second kappa shape index (κ2) is 3.08. The van der Waals surface area contributed by atoms with Crippen LogP contribution in [0.25, 0.3) is 0 Å². The van der Waals surface area contributed by atoms with Crippen LogP contribution >= 0.6 is 34.8 Å². The predicted molar refractivity (Wildman–Crippen MR) is 40.5 cm³/mol. The number of hydrogen-bond acceptors (Lipinski definition) is 4. The van der Waals surface area contributed by atoms with Crippen LogP contribution in [0.3, 0.4) is 0 Å². The van der Waals surface area contributed by atoms with Crippen LogP contribution in [0.5, 0.6) is 0 Å². The topological polar surface area (TPSA) is 76.2 Å². The van der Waals surface area contributed by atoms with E-state index in [1.54, 1.807) is 0 Å². The van der Waals surface area contributed by atoms with Crippen LogP contribution in [-0.2, 0) is 3.79 Å². The molecule has 1 aromatic rings. The highest BCUT2D eigenvalue weighted by molar-refractivity contribution is 6.66. The van der Waals surface area contributed by atoms with Crippen molar-refractivity contribution < 1.29 is 14.4 Å². The molecule has 0 saturated carbocycles. The van der Waals surface area contributed by atoms with Crippen molar-refractivity contribution in [3.63, 3.8) is 0 Å². The van der Waals surface area contributed by atoms with E-state index < -0.39 is 15.6 Å². The van der Waals surface area contributed by atoms with Crippen LogP contribution in [-0.4, -0.2) is 21.2 Å². The molecule has 1 heterocycles. The fraction of sp³-hybridized carbons (Fsp3) is 0.250.